The zero-order chi connectivity index (χ0) is 31.8. The maximum Gasteiger partial charge on any atom is 0.339 e. The first kappa shape index (κ1) is 30.8. The van der Waals surface area contributed by atoms with Crippen molar-refractivity contribution >= 4 is 56.1 Å². The molecule has 7 nitrogen and oxygen atoms in total. The molecule has 1 aromatic heterocycles. The molecule has 0 bridgehead atoms. The van der Waals surface area contributed by atoms with E-state index in [1.807, 2.05) is 44.2 Å². The van der Waals surface area contributed by atoms with Gasteiger partial charge in [0.2, 0.25) is 17.6 Å². The van der Waals surface area contributed by atoms with Crippen molar-refractivity contribution in [1.82, 2.24) is 4.98 Å². The molecule has 1 aliphatic heterocycles. The first-order valence-electron chi connectivity index (χ1n) is 15.6. The van der Waals surface area contributed by atoms with E-state index < -0.39 is 12.1 Å². The van der Waals surface area contributed by atoms with E-state index in [0.29, 0.717) is 52.2 Å². The lowest BCUT2D eigenvalue weighted by atomic mass is 9.76. The number of ether oxygens (including phenoxy) is 1. The topological polar surface area (TPSA) is 93.6 Å². The number of aromatic nitrogens is 1. The van der Waals surface area contributed by atoms with Gasteiger partial charge in [0.25, 0.3) is 0 Å². The van der Waals surface area contributed by atoms with Gasteiger partial charge in [-0.05, 0) is 73.9 Å². The average Bonchev–Trinajstić information content (AvgIpc) is 3.30. The SMILES string of the molecule is CCc1cc(Br)cc2c(C(=O)OC(CC)C(=O)c3ccccc3)cc(-c3ccc(N4C(=O)C5CCC(C)CC5C4=O)cc3)nc12. The molecule has 0 N–H and O–H groups in total. The largest absolute Gasteiger partial charge is 0.450 e. The fourth-order valence-corrected chi connectivity index (χ4v) is 7.18. The molecule has 1 saturated carbocycles. The highest BCUT2D eigenvalue weighted by Crippen LogP contribution is 2.42. The molecule has 2 amide bonds. The number of halogens is 1. The van der Waals surface area contributed by atoms with Crippen LogP contribution in [-0.2, 0) is 20.7 Å². The third-order valence-corrected chi connectivity index (χ3v) is 9.60. The van der Waals surface area contributed by atoms with Crippen LogP contribution in [0.15, 0.2) is 77.3 Å². The molecule has 0 radical (unpaired) electrons. The number of hydrogen-bond acceptors (Lipinski definition) is 6. The van der Waals surface area contributed by atoms with Crippen LogP contribution in [0.3, 0.4) is 0 Å². The van der Waals surface area contributed by atoms with Gasteiger partial charge in [0.05, 0.1) is 34.3 Å². The predicted octanol–water partition coefficient (Wildman–Crippen LogP) is 7.97. The maximum absolute atomic E-state index is 13.8. The third-order valence-electron chi connectivity index (χ3n) is 9.14. The summed E-state index contributed by atoms with van der Waals surface area (Å²) in [6.07, 6.45) is 2.53. The van der Waals surface area contributed by atoms with Crippen LogP contribution in [-0.4, -0.2) is 34.7 Å². The number of ketones is 1. The van der Waals surface area contributed by atoms with Crippen molar-refractivity contribution in [2.45, 2.75) is 59.0 Å². The van der Waals surface area contributed by atoms with Crippen LogP contribution in [0.1, 0.15) is 72.7 Å². The molecule has 2 fully saturated rings. The molecule has 3 aromatic carbocycles. The normalized spacial score (nSPS) is 20.3. The second-order valence-corrected chi connectivity index (χ2v) is 13.0. The second kappa shape index (κ2) is 12.7. The summed E-state index contributed by atoms with van der Waals surface area (Å²) in [5.41, 5.74) is 4.21. The van der Waals surface area contributed by atoms with Crippen molar-refractivity contribution in [1.29, 1.82) is 0 Å². The van der Waals surface area contributed by atoms with Gasteiger partial charge in [-0.15, -0.1) is 0 Å². The number of carbonyl (C=O) groups is 4. The molecule has 1 aliphatic carbocycles. The van der Waals surface area contributed by atoms with E-state index in [0.717, 1.165) is 34.9 Å². The quantitative estimate of drug-likeness (QED) is 0.108. The number of fused-ring (bicyclic) bond motifs is 2. The summed E-state index contributed by atoms with van der Waals surface area (Å²) in [4.78, 5) is 59.8. The molecule has 4 aromatic rings. The number of carbonyl (C=O) groups excluding carboxylic acids is 4. The van der Waals surface area contributed by atoms with Gasteiger partial charge >= 0.3 is 5.97 Å². The smallest absolute Gasteiger partial charge is 0.339 e. The number of amides is 2. The minimum atomic E-state index is -0.939. The molecule has 4 unspecified atom stereocenters. The lowest BCUT2D eigenvalue weighted by Gasteiger charge is -2.25. The van der Waals surface area contributed by atoms with Crippen LogP contribution in [0.2, 0.25) is 0 Å². The molecule has 2 aliphatic rings. The molecular weight excluding hydrogens is 632 g/mol. The van der Waals surface area contributed by atoms with E-state index in [4.69, 9.17) is 9.72 Å². The zero-order valence-electron chi connectivity index (χ0n) is 25.6. The number of benzene rings is 3. The van der Waals surface area contributed by atoms with Crippen molar-refractivity contribution in [2.75, 3.05) is 4.90 Å². The Bertz CT molecular complexity index is 1800. The Morgan fingerprint density at radius 3 is 2.36 bits per heavy atom. The number of pyridine rings is 1. The highest BCUT2D eigenvalue weighted by atomic mass is 79.9. The Morgan fingerprint density at radius 1 is 0.956 bits per heavy atom. The van der Waals surface area contributed by atoms with Crippen LogP contribution >= 0.6 is 15.9 Å². The molecule has 230 valence electrons. The van der Waals surface area contributed by atoms with Gasteiger partial charge < -0.3 is 4.74 Å². The average molecular weight is 668 g/mol. The molecule has 45 heavy (non-hydrogen) atoms. The fraction of sp³-hybridized carbons (Fsp3) is 0.324. The molecule has 8 heteroatoms. The van der Waals surface area contributed by atoms with E-state index in [1.165, 1.54) is 4.90 Å². The lowest BCUT2D eigenvalue weighted by molar-refractivity contribution is -0.122. The van der Waals surface area contributed by atoms with Crippen molar-refractivity contribution < 1.29 is 23.9 Å². The number of anilines is 1. The Morgan fingerprint density at radius 2 is 1.67 bits per heavy atom. The van der Waals surface area contributed by atoms with Crippen LogP contribution in [0.25, 0.3) is 22.2 Å². The molecule has 1 saturated heterocycles. The van der Waals surface area contributed by atoms with Gasteiger partial charge in [0.15, 0.2) is 6.10 Å². The lowest BCUT2D eigenvalue weighted by Crippen LogP contribution is -2.30. The Labute approximate surface area is 271 Å². The number of hydrogen-bond donors (Lipinski definition) is 0. The van der Waals surface area contributed by atoms with Crippen LogP contribution < -0.4 is 4.90 Å². The first-order valence-corrected chi connectivity index (χ1v) is 16.4. The van der Waals surface area contributed by atoms with E-state index in [-0.39, 0.29) is 29.4 Å². The number of rotatable bonds is 8. The van der Waals surface area contributed by atoms with Gasteiger partial charge in [-0.1, -0.05) is 79.2 Å². The van der Waals surface area contributed by atoms with Crippen molar-refractivity contribution in [3.8, 4) is 11.3 Å². The van der Waals surface area contributed by atoms with Crippen molar-refractivity contribution in [2.24, 2.45) is 17.8 Å². The summed E-state index contributed by atoms with van der Waals surface area (Å²) < 4.78 is 6.67. The molecular formula is C37H35BrN2O5. The van der Waals surface area contributed by atoms with Crippen LogP contribution in [0.5, 0.6) is 0 Å². The molecule has 4 atom stereocenters. The fourth-order valence-electron chi connectivity index (χ4n) is 6.68. The molecule has 6 rings (SSSR count). The monoisotopic (exact) mass is 666 g/mol. The predicted molar refractivity (Wildman–Crippen MR) is 177 cm³/mol. The second-order valence-electron chi connectivity index (χ2n) is 12.1. The summed E-state index contributed by atoms with van der Waals surface area (Å²) in [6.45, 7) is 5.97. The summed E-state index contributed by atoms with van der Waals surface area (Å²) in [5, 5.41) is 0.624. The van der Waals surface area contributed by atoms with Crippen molar-refractivity contribution in [3.63, 3.8) is 0 Å². The maximum atomic E-state index is 13.8. The van der Waals surface area contributed by atoms with Crippen LogP contribution in [0.4, 0.5) is 5.69 Å². The van der Waals surface area contributed by atoms with Gasteiger partial charge in [0.1, 0.15) is 0 Å². The van der Waals surface area contributed by atoms with Gasteiger partial charge in [0, 0.05) is 21.0 Å². The van der Waals surface area contributed by atoms with E-state index in [9.17, 15) is 19.2 Å². The number of esters is 1. The van der Waals surface area contributed by atoms with Gasteiger partial charge in [-0.25, -0.2) is 9.78 Å². The first-order chi connectivity index (χ1) is 21.7. The summed E-state index contributed by atoms with van der Waals surface area (Å²) in [7, 11) is 0. The Balaban J connectivity index is 1.36. The van der Waals surface area contributed by atoms with E-state index >= 15 is 0 Å². The highest BCUT2D eigenvalue weighted by molar-refractivity contribution is 9.10. The highest BCUT2D eigenvalue weighted by Gasteiger charge is 2.50. The molecule has 2 heterocycles. The van der Waals surface area contributed by atoms with Gasteiger partial charge in [-0.3, -0.25) is 19.3 Å². The minimum absolute atomic E-state index is 0.118. The summed E-state index contributed by atoms with van der Waals surface area (Å²) in [6, 6.07) is 21.5. The van der Waals surface area contributed by atoms with Crippen molar-refractivity contribution in [3.05, 3.63) is 94.0 Å². The van der Waals surface area contributed by atoms with Gasteiger partial charge in [-0.2, -0.15) is 0 Å². The number of nitrogens with zero attached hydrogens (tertiary/aromatic N) is 2. The number of imide groups is 1. The summed E-state index contributed by atoms with van der Waals surface area (Å²) in [5.74, 6) is -1.15. The van der Waals surface area contributed by atoms with E-state index in [2.05, 4.69) is 22.9 Å². The Hall–Kier alpha value is -4.17. The van der Waals surface area contributed by atoms with E-state index in [1.54, 1.807) is 42.5 Å². The standard InChI is InChI=1S/C37H35BrN2O5/c1-4-22-18-25(38)19-28-30(37(44)45-32(5-2)34(41)24-9-7-6-8-10-24)20-31(39-33(22)28)23-12-14-26(15-13-23)40-35(42)27-16-11-21(3)17-29(27)36(40)43/h6-10,12-15,18-21,27,29,32H,4-5,11,16-17H2,1-3H3. The minimum Gasteiger partial charge on any atom is -0.450 e. The zero-order valence-corrected chi connectivity index (χ0v) is 27.2. The van der Waals surface area contributed by atoms with Crippen LogP contribution in [0, 0.1) is 17.8 Å². The Kier molecular flexibility index (Phi) is 8.69. The third kappa shape index (κ3) is 5.84. The summed E-state index contributed by atoms with van der Waals surface area (Å²) >= 11 is 3.57. The molecule has 0 spiro atoms. The number of Topliss-reactive ketones (excluding diaryl/α,β-unsaturated/α-hetero) is 1. The number of aryl methyl sites for hydroxylation is 1.